The van der Waals surface area contributed by atoms with Crippen LogP contribution < -0.4 is 10.5 Å². The topological polar surface area (TPSA) is 48.1 Å². The van der Waals surface area contributed by atoms with Crippen molar-refractivity contribution in [3.63, 3.8) is 0 Å². The number of ether oxygens (including phenoxy) is 1. The highest BCUT2D eigenvalue weighted by Crippen LogP contribution is 2.28. The van der Waals surface area contributed by atoms with Crippen LogP contribution in [-0.4, -0.2) is 11.1 Å². The van der Waals surface area contributed by atoms with Gasteiger partial charge in [-0.05, 0) is 25.2 Å². The predicted molar refractivity (Wildman–Crippen MR) is 60.7 cm³/mol. The van der Waals surface area contributed by atoms with Gasteiger partial charge in [0.05, 0.1) is 18.1 Å². The van der Waals surface area contributed by atoms with E-state index in [1.54, 1.807) is 12.4 Å². The average Bonchev–Trinajstić information content (AvgIpc) is 2.22. The second-order valence-corrected chi connectivity index (χ2v) is 4.37. The van der Waals surface area contributed by atoms with Gasteiger partial charge in [0, 0.05) is 6.07 Å². The highest BCUT2D eigenvalue weighted by atomic mass is 16.5. The van der Waals surface area contributed by atoms with Crippen LogP contribution in [0.25, 0.3) is 0 Å². The van der Waals surface area contributed by atoms with Crippen molar-refractivity contribution in [1.29, 1.82) is 0 Å². The summed E-state index contributed by atoms with van der Waals surface area (Å²) in [5.41, 5.74) is 6.32. The van der Waals surface area contributed by atoms with Gasteiger partial charge in [0.15, 0.2) is 0 Å². The third-order valence-corrected chi connectivity index (χ3v) is 3.05. The summed E-state index contributed by atoms with van der Waals surface area (Å²) in [7, 11) is 0. The minimum absolute atomic E-state index is 0.336. The van der Waals surface area contributed by atoms with Gasteiger partial charge in [0.25, 0.3) is 0 Å². The molecule has 2 N–H and O–H groups in total. The molecule has 1 heterocycles. The smallest absolute Gasteiger partial charge is 0.140 e. The molecule has 1 aromatic rings. The number of aromatic nitrogens is 1. The zero-order valence-electron chi connectivity index (χ0n) is 9.15. The second-order valence-electron chi connectivity index (χ2n) is 4.37. The largest absolute Gasteiger partial charge is 0.488 e. The zero-order chi connectivity index (χ0) is 10.7. The van der Waals surface area contributed by atoms with Crippen LogP contribution >= 0.6 is 0 Å². The summed E-state index contributed by atoms with van der Waals surface area (Å²) >= 11 is 0. The van der Waals surface area contributed by atoms with Crippen LogP contribution in [0.1, 0.15) is 32.6 Å². The minimum Gasteiger partial charge on any atom is -0.488 e. The molecule has 1 fully saturated rings. The second kappa shape index (κ2) is 4.51. The summed E-state index contributed by atoms with van der Waals surface area (Å²) in [5, 5.41) is 0. The summed E-state index contributed by atoms with van der Waals surface area (Å²) < 4.78 is 5.91. The molecule has 0 aromatic carbocycles. The minimum atomic E-state index is 0.336. The number of rotatable bonds is 2. The number of nitrogens with two attached hydrogens (primary N) is 1. The van der Waals surface area contributed by atoms with Gasteiger partial charge in [-0.15, -0.1) is 0 Å². The summed E-state index contributed by atoms with van der Waals surface area (Å²) in [4.78, 5) is 4.02. The van der Waals surface area contributed by atoms with Gasteiger partial charge in [0.2, 0.25) is 0 Å². The fourth-order valence-electron chi connectivity index (χ4n) is 2.13. The Morgan fingerprint density at radius 1 is 1.33 bits per heavy atom. The molecule has 2 rings (SSSR count). The maximum absolute atomic E-state index is 5.91. The summed E-state index contributed by atoms with van der Waals surface area (Å²) in [6.45, 7) is 2.25. The number of nitrogen functional groups attached to an aromatic ring is 1. The Kier molecular flexibility index (Phi) is 3.09. The lowest BCUT2D eigenvalue weighted by molar-refractivity contribution is 0.102. The van der Waals surface area contributed by atoms with Gasteiger partial charge in [-0.25, -0.2) is 0 Å². The fraction of sp³-hybridized carbons (Fsp3) is 0.583. The Morgan fingerprint density at radius 2 is 2.13 bits per heavy atom. The van der Waals surface area contributed by atoms with Crippen molar-refractivity contribution in [3.05, 3.63) is 18.5 Å². The van der Waals surface area contributed by atoms with Gasteiger partial charge in [0.1, 0.15) is 11.9 Å². The lowest BCUT2D eigenvalue weighted by atomic mass is 9.88. The third kappa shape index (κ3) is 2.61. The molecule has 1 aliphatic carbocycles. The number of nitrogens with zero attached hydrogens (tertiary/aromatic N) is 1. The number of hydrogen-bond acceptors (Lipinski definition) is 3. The van der Waals surface area contributed by atoms with Crippen LogP contribution in [0.4, 0.5) is 5.69 Å². The molecule has 3 heteroatoms. The van der Waals surface area contributed by atoms with Gasteiger partial charge >= 0.3 is 0 Å². The standard InChI is InChI=1S/C12H18N2O/c1-9-4-2-3-5-12(9)15-11-6-10(13)7-14-8-11/h6-9,12H,2-5,13H2,1H3. The lowest BCUT2D eigenvalue weighted by Gasteiger charge is -2.29. The molecule has 2 atom stereocenters. The predicted octanol–water partition coefficient (Wildman–Crippen LogP) is 2.62. The normalized spacial score (nSPS) is 26.2. The van der Waals surface area contributed by atoms with E-state index < -0.39 is 0 Å². The molecule has 0 radical (unpaired) electrons. The first kappa shape index (κ1) is 10.3. The first-order chi connectivity index (χ1) is 7.25. The summed E-state index contributed by atoms with van der Waals surface area (Å²) in [6, 6.07) is 1.84. The molecular weight excluding hydrogens is 188 g/mol. The number of pyridine rings is 1. The Bertz CT molecular complexity index is 327. The van der Waals surface area contributed by atoms with E-state index in [2.05, 4.69) is 11.9 Å². The Balaban J connectivity index is 2.01. The van der Waals surface area contributed by atoms with E-state index in [0.717, 1.165) is 12.2 Å². The maximum atomic E-state index is 5.91. The van der Waals surface area contributed by atoms with Crippen LogP contribution in [0.5, 0.6) is 5.75 Å². The molecule has 1 saturated carbocycles. The van der Waals surface area contributed by atoms with E-state index in [4.69, 9.17) is 10.5 Å². The quantitative estimate of drug-likeness (QED) is 0.809. The van der Waals surface area contributed by atoms with Crippen molar-refractivity contribution in [2.24, 2.45) is 5.92 Å². The maximum Gasteiger partial charge on any atom is 0.140 e. The van der Waals surface area contributed by atoms with Crippen molar-refractivity contribution in [3.8, 4) is 5.75 Å². The monoisotopic (exact) mass is 206 g/mol. The van der Waals surface area contributed by atoms with E-state index in [1.165, 1.54) is 19.3 Å². The van der Waals surface area contributed by atoms with Crippen LogP contribution in [0.3, 0.4) is 0 Å². The molecule has 2 unspecified atom stereocenters. The van der Waals surface area contributed by atoms with E-state index >= 15 is 0 Å². The first-order valence-corrected chi connectivity index (χ1v) is 5.63. The molecule has 0 spiro atoms. The molecule has 15 heavy (non-hydrogen) atoms. The lowest BCUT2D eigenvalue weighted by Crippen LogP contribution is -2.28. The first-order valence-electron chi connectivity index (χ1n) is 5.63. The van der Waals surface area contributed by atoms with Gasteiger partial charge < -0.3 is 10.5 Å². The fourth-order valence-corrected chi connectivity index (χ4v) is 2.13. The number of hydrogen-bond donors (Lipinski definition) is 1. The van der Waals surface area contributed by atoms with Crippen molar-refractivity contribution in [2.45, 2.75) is 38.7 Å². The molecule has 82 valence electrons. The highest BCUT2D eigenvalue weighted by Gasteiger charge is 2.22. The van der Waals surface area contributed by atoms with E-state index in [9.17, 15) is 0 Å². The Labute approximate surface area is 90.7 Å². The van der Waals surface area contributed by atoms with Crippen LogP contribution in [0.15, 0.2) is 18.5 Å². The summed E-state index contributed by atoms with van der Waals surface area (Å²) in [6.07, 6.45) is 8.72. The Morgan fingerprint density at radius 3 is 2.87 bits per heavy atom. The van der Waals surface area contributed by atoms with Crippen LogP contribution in [0, 0.1) is 5.92 Å². The molecule has 0 amide bonds. The molecule has 1 aromatic heterocycles. The van der Waals surface area contributed by atoms with Crippen LogP contribution in [-0.2, 0) is 0 Å². The molecule has 0 saturated heterocycles. The van der Waals surface area contributed by atoms with Crippen molar-refractivity contribution < 1.29 is 4.74 Å². The van der Waals surface area contributed by atoms with E-state index in [1.807, 2.05) is 6.07 Å². The average molecular weight is 206 g/mol. The molecule has 3 nitrogen and oxygen atoms in total. The molecule has 0 aliphatic heterocycles. The highest BCUT2D eigenvalue weighted by molar-refractivity contribution is 5.40. The Hall–Kier alpha value is -1.25. The van der Waals surface area contributed by atoms with Gasteiger partial charge in [-0.1, -0.05) is 13.3 Å². The van der Waals surface area contributed by atoms with E-state index in [0.29, 0.717) is 17.7 Å². The molecule has 1 aliphatic rings. The summed E-state index contributed by atoms with van der Waals surface area (Å²) in [5.74, 6) is 1.44. The molecular formula is C12H18N2O. The van der Waals surface area contributed by atoms with Crippen molar-refractivity contribution in [1.82, 2.24) is 4.98 Å². The zero-order valence-corrected chi connectivity index (χ0v) is 9.15. The number of anilines is 1. The van der Waals surface area contributed by atoms with Crippen LogP contribution in [0.2, 0.25) is 0 Å². The van der Waals surface area contributed by atoms with E-state index in [-0.39, 0.29) is 0 Å². The third-order valence-electron chi connectivity index (χ3n) is 3.05. The molecule has 0 bridgehead atoms. The SMILES string of the molecule is CC1CCCCC1Oc1cncc(N)c1. The van der Waals surface area contributed by atoms with Gasteiger partial charge in [-0.3, -0.25) is 4.98 Å². The van der Waals surface area contributed by atoms with Gasteiger partial charge in [-0.2, -0.15) is 0 Å². The van der Waals surface area contributed by atoms with Crippen molar-refractivity contribution >= 4 is 5.69 Å². The van der Waals surface area contributed by atoms with Crippen molar-refractivity contribution in [2.75, 3.05) is 5.73 Å².